The van der Waals surface area contributed by atoms with Gasteiger partial charge in [0, 0.05) is 0 Å². The topological polar surface area (TPSA) is 9.23 Å². The van der Waals surface area contributed by atoms with E-state index >= 15 is 0 Å². The smallest absolute Gasteiger partial charge is 0.404 e. The van der Waals surface area contributed by atoms with Gasteiger partial charge in [-0.2, -0.15) is 0 Å². The van der Waals surface area contributed by atoms with E-state index in [1.165, 1.54) is 12.1 Å². The summed E-state index contributed by atoms with van der Waals surface area (Å²) in [5.41, 5.74) is 0.754. The second kappa shape index (κ2) is 4.77. The molecule has 5 heteroatoms. The fourth-order valence-electron chi connectivity index (χ4n) is 1.47. The Morgan fingerprint density at radius 2 is 1.76 bits per heavy atom. The molecule has 0 radical (unpaired) electrons. The third-order valence-corrected chi connectivity index (χ3v) is 2.27. The molecule has 0 bridgehead atoms. The number of rotatable bonds is 2. The van der Waals surface area contributed by atoms with Gasteiger partial charge in [-0.1, -0.05) is 38.4 Å². The van der Waals surface area contributed by atoms with E-state index < -0.39 is 6.36 Å². The molecule has 0 aliphatic heterocycles. The second-order valence-electron chi connectivity index (χ2n) is 5.05. The van der Waals surface area contributed by atoms with Gasteiger partial charge in [-0.25, -0.2) is 0 Å². The molecule has 17 heavy (non-hydrogen) atoms. The van der Waals surface area contributed by atoms with Crippen LogP contribution in [-0.2, 0) is 6.42 Å². The molecule has 1 rings (SSSR count). The molecular weight excluding hydrogens is 253 g/mol. The Bertz CT molecular complexity index is 394. The van der Waals surface area contributed by atoms with Gasteiger partial charge in [-0.3, -0.25) is 0 Å². The Labute approximate surface area is 104 Å². The Morgan fingerprint density at radius 3 is 2.24 bits per heavy atom. The first-order valence-electron chi connectivity index (χ1n) is 5.11. The number of alkyl halides is 3. The molecule has 0 saturated carbocycles. The highest BCUT2D eigenvalue weighted by molar-refractivity contribution is 6.32. The number of halogens is 4. The molecule has 0 unspecified atom stereocenters. The lowest BCUT2D eigenvalue weighted by molar-refractivity contribution is -0.274. The molecule has 0 aliphatic rings. The first-order valence-corrected chi connectivity index (χ1v) is 5.49. The third kappa shape index (κ3) is 5.31. The van der Waals surface area contributed by atoms with Crippen molar-refractivity contribution in [1.29, 1.82) is 0 Å². The Hall–Kier alpha value is -0.900. The van der Waals surface area contributed by atoms with E-state index in [0.717, 1.165) is 5.56 Å². The van der Waals surface area contributed by atoms with Gasteiger partial charge in [0.2, 0.25) is 0 Å². The van der Waals surface area contributed by atoms with Crippen molar-refractivity contribution in [2.45, 2.75) is 33.6 Å². The molecule has 0 heterocycles. The maximum Gasteiger partial charge on any atom is 0.573 e. The summed E-state index contributed by atoms with van der Waals surface area (Å²) in [6.45, 7) is 6.02. The summed E-state index contributed by atoms with van der Waals surface area (Å²) in [6.07, 6.45) is -4.07. The first-order chi connectivity index (χ1) is 7.57. The predicted octanol–water partition coefficient (Wildman–Crippen LogP) is 4.83. The summed E-state index contributed by atoms with van der Waals surface area (Å²) >= 11 is 5.65. The quantitative estimate of drug-likeness (QED) is 0.745. The molecule has 0 aliphatic carbocycles. The van der Waals surface area contributed by atoms with Gasteiger partial charge in [0.05, 0.1) is 5.02 Å². The third-order valence-electron chi connectivity index (χ3n) is 1.96. The summed E-state index contributed by atoms with van der Waals surface area (Å²) in [6, 6.07) is 4.46. The maximum atomic E-state index is 12.1. The number of hydrogen-bond donors (Lipinski definition) is 0. The van der Waals surface area contributed by atoms with Crippen LogP contribution in [0, 0.1) is 5.41 Å². The van der Waals surface area contributed by atoms with E-state index in [2.05, 4.69) is 4.74 Å². The minimum atomic E-state index is -4.72. The highest BCUT2D eigenvalue weighted by atomic mass is 35.5. The molecule has 0 saturated heterocycles. The zero-order valence-electron chi connectivity index (χ0n) is 9.86. The maximum absolute atomic E-state index is 12.1. The van der Waals surface area contributed by atoms with E-state index in [1.54, 1.807) is 6.07 Å². The minimum absolute atomic E-state index is 0.0106. The van der Waals surface area contributed by atoms with Gasteiger partial charge in [0.15, 0.2) is 0 Å². The van der Waals surface area contributed by atoms with Crippen LogP contribution < -0.4 is 4.74 Å². The van der Waals surface area contributed by atoms with Crippen molar-refractivity contribution in [3.8, 4) is 5.75 Å². The van der Waals surface area contributed by atoms with Crippen LogP contribution in [0.25, 0.3) is 0 Å². The summed E-state index contributed by atoms with van der Waals surface area (Å²) in [5.74, 6) is -0.346. The number of hydrogen-bond acceptors (Lipinski definition) is 1. The lowest BCUT2D eigenvalue weighted by atomic mass is 9.88. The standard InChI is InChI=1S/C12H14ClF3O/c1-11(2,3)7-8-4-5-9(13)10(6-8)17-12(14,15)16/h4-6H,7H2,1-3H3. The molecule has 96 valence electrons. The molecule has 1 nitrogen and oxygen atoms in total. The molecule has 0 N–H and O–H groups in total. The molecule has 0 amide bonds. The van der Waals surface area contributed by atoms with Crippen molar-refractivity contribution in [3.05, 3.63) is 28.8 Å². The van der Waals surface area contributed by atoms with E-state index in [0.29, 0.717) is 6.42 Å². The van der Waals surface area contributed by atoms with Crippen molar-refractivity contribution < 1.29 is 17.9 Å². The van der Waals surface area contributed by atoms with Gasteiger partial charge >= 0.3 is 6.36 Å². The molecule has 0 atom stereocenters. The van der Waals surface area contributed by atoms with Crippen LogP contribution in [0.2, 0.25) is 5.02 Å². The van der Waals surface area contributed by atoms with Crippen LogP contribution in [0.1, 0.15) is 26.3 Å². The molecular formula is C12H14ClF3O. The van der Waals surface area contributed by atoms with Gasteiger partial charge in [0.1, 0.15) is 5.75 Å². The molecule has 1 aromatic rings. The molecule has 1 aromatic carbocycles. The average molecular weight is 267 g/mol. The van der Waals surface area contributed by atoms with Crippen LogP contribution in [0.4, 0.5) is 13.2 Å². The monoisotopic (exact) mass is 266 g/mol. The van der Waals surface area contributed by atoms with Crippen molar-refractivity contribution in [3.63, 3.8) is 0 Å². The summed E-state index contributed by atoms with van der Waals surface area (Å²) in [4.78, 5) is 0. The Kier molecular flexibility index (Phi) is 3.97. The van der Waals surface area contributed by atoms with Crippen LogP contribution in [-0.4, -0.2) is 6.36 Å². The summed E-state index contributed by atoms with van der Waals surface area (Å²) < 4.78 is 40.2. The SMILES string of the molecule is CC(C)(C)Cc1ccc(Cl)c(OC(F)(F)F)c1. The van der Waals surface area contributed by atoms with E-state index in [-0.39, 0.29) is 16.2 Å². The van der Waals surface area contributed by atoms with Gasteiger partial charge in [0.25, 0.3) is 0 Å². The van der Waals surface area contributed by atoms with Crippen molar-refractivity contribution in [1.82, 2.24) is 0 Å². The van der Waals surface area contributed by atoms with E-state index in [4.69, 9.17) is 11.6 Å². The Morgan fingerprint density at radius 1 is 1.18 bits per heavy atom. The van der Waals surface area contributed by atoms with Crippen LogP contribution in [0.3, 0.4) is 0 Å². The van der Waals surface area contributed by atoms with Crippen molar-refractivity contribution in [2.75, 3.05) is 0 Å². The zero-order valence-corrected chi connectivity index (χ0v) is 10.6. The Balaban J connectivity index is 2.95. The second-order valence-corrected chi connectivity index (χ2v) is 5.46. The number of ether oxygens (including phenoxy) is 1. The predicted molar refractivity (Wildman–Crippen MR) is 61.3 cm³/mol. The van der Waals surface area contributed by atoms with Crippen LogP contribution in [0.15, 0.2) is 18.2 Å². The van der Waals surface area contributed by atoms with E-state index in [9.17, 15) is 13.2 Å². The minimum Gasteiger partial charge on any atom is -0.404 e. The highest BCUT2D eigenvalue weighted by Crippen LogP contribution is 2.32. The first kappa shape index (κ1) is 14.2. The molecule has 0 aromatic heterocycles. The fraction of sp³-hybridized carbons (Fsp3) is 0.500. The van der Waals surface area contributed by atoms with Crippen molar-refractivity contribution in [2.24, 2.45) is 5.41 Å². The molecule has 0 spiro atoms. The summed E-state index contributed by atoms with van der Waals surface area (Å²) in [7, 11) is 0. The van der Waals surface area contributed by atoms with Crippen molar-refractivity contribution >= 4 is 11.6 Å². The fourth-order valence-corrected chi connectivity index (χ4v) is 1.63. The van der Waals surface area contributed by atoms with Gasteiger partial charge < -0.3 is 4.74 Å². The number of benzene rings is 1. The molecule has 0 fully saturated rings. The van der Waals surface area contributed by atoms with Gasteiger partial charge in [-0.05, 0) is 29.5 Å². The van der Waals surface area contributed by atoms with E-state index in [1.807, 2.05) is 20.8 Å². The highest BCUT2D eigenvalue weighted by Gasteiger charge is 2.32. The average Bonchev–Trinajstić information content (AvgIpc) is 2.05. The summed E-state index contributed by atoms with van der Waals surface area (Å²) in [5, 5.41) is -0.0417. The lowest BCUT2D eigenvalue weighted by Gasteiger charge is -2.19. The normalized spacial score (nSPS) is 12.6. The van der Waals surface area contributed by atoms with Gasteiger partial charge in [-0.15, -0.1) is 13.2 Å². The van der Waals surface area contributed by atoms with Crippen LogP contribution in [0.5, 0.6) is 5.75 Å². The van der Waals surface area contributed by atoms with Crippen LogP contribution >= 0.6 is 11.6 Å². The largest absolute Gasteiger partial charge is 0.573 e. The zero-order chi connectivity index (χ0) is 13.3. The lowest BCUT2D eigenvalue weighted by Crippen LogP contribution is -2.17.